The minimum absolute atomic E-state index is 0.0363. The Morgan fingerprint density at radius 2 is 2.16 bits per heavy atom. The van der Waals surface area contributed by atoms with Crippen molar-refractivity contribution in [2.45, 2.75) is 11.3 Å². The van der Waals surface area contributed by atoms with Crippen LogP contribution in [0.3, 0.4) is 0 Å². The highest BCUT2D eigenvalue weighted by molar-refractivity contribution is 7.99. The molecule has 3 rings (SSSR count). The zero-order valence-corrected chi connectivity index (χ0v) is 15.0. The lowest BCUT2D eigenvalue weighted by molar-refractivity contribution is -0.117. The maximum atomic E-state index is 12.7. The number of hydrogen-bond acceptors (Lipinski definition) is 5. The van der Waals surface area contributed by atoms with Gasteiger partial charge in [-0.25, -0.2) is 0 Å². The molecular weight excluding hydrogens is 336 g/mol. The number of fused-ring (bicyclic) bond motifs is 1. The molecule has 2 N–H and O–H groups in total. The van der Waals surface area contributed by atoms with E-state index >= 15 is 0 Å². The molecule has 0 aliphatic carbocycles. The van der Waals surface area contributed by atoms with Gasteiger partial charge in [0, 0.05) is 23.8 Å². The average molecular weight is 358 g/mol. The van der Waals surface area contributed by atoms with E-state index in [4.69, 9.17) is 9.84 Å². The van der Waals surface area contributed by atoms with E-state index in [1.54, 1.807) is 18.9 Å². The third-order valence-electron chi connectivity index (χ3n) is 4.13. The minimum atomic E-state index is 0.0363. The number of thioether (sulfide) groups is 1. The van der Waals surface area contributed by atoms with Crippen LogP contribution >= 0.6 is 11.8 Å². The molecule has 2 aromatic carbocycles. The lowest BCUT2D eigenvalue weighted by Gasteiger charge is -2.29. The maximum Gasteiger partial charge on any atom is 0.246 e. The molecule has 0 saturated carbocycles. The number of aliphatic hydroxyl groups is 1. The van der Waals surface area contributed by atoms with Crippen LogP contribution in [0.25, 0.3) is 0 Å². The molecule has 6 heteroatoms. The van der Waals surface area contributed by atoms with E-state index in [9.17, 15) is 4.79 Å². The van der Waals surface area contributed by atoms with Crippen molar-refractivity contribution in [3.63, 3.8) is 0 Å². The van der Waals surface area contributed by atoms with Gasteiger partial charge in [0.05, 0.1) is 25.0 Å². The van der Waals surface area contributed by atoms with Crippen molar-refractivity contribution in [1.82, 2.24) is 0 Å². The molecule has 0 spiro atoms. The predicted molar refractivity (Wildman–Crippen MR) is 102 cm³/mol. The van der Waals surface area contributed by atoms with Gasteiger partial charge >= 0.3 is 0 Å². The third kappa shape index (κ3) is 4.08. The van der Waals surface area contributed by atoms with E-state index in [1.165, 1.54) is 0 Å². The number of amides is 1. The SMILES string of the molecule is COc1cc(CCO)ccc1NCC(=O)N1CCSc2ccccc21. The van der Waals surface area contributed by atoms with Crippen molar-refractivity contribution in [2.75, 3.05) is 42.8 Å². The molecule has 0 aromatic heterocycles. The van der Waals surface area contributed by atoms with Crippen LogP contribution < -0.4 is 15.0 Å². The number of benzene rings is 2. The summed E-state index contributed by atoms with van der Waals surface area (Å²) < 4.78 is 5.39. The third-order valence-corrected chi connectivity index (χ3v) is 5.17. The molecule has 1 amide bonds. The summed E-state index contributed by atoms with van der Waals surface area (Å²) in [5, 5.41) is 12.2. The second-order valence-corrected chi connectivity index (χ2v) is 6.86. The molecule has 132 valence electrons. The Labute approximate surface area is 152 Å². The van der Waals surface area contributed by atoms with Crippen molar-refractivity contribution in [3.05, 3.63) is 48.0 Å². The summed E-state index contributed by atoms with van der Waals surface area (Å²) in [4.78, 5) is 15.7. The van der Waals surface area contributed by atoms with E-state index in [0.29, 0.717) is 12.2 Å². The van der Waals surface area contributed by atoms with Crippen molar-refractivity contribution in [3.8, 4) is 5.75 Å². The standard InChI is InChI=1S/C19H22N2O3S/c1-24-17-12-14(8-10-22)6-7-15(17)20-13-19(23)21-9-11-25-18-5-3-2-4-16(18)21/h2-7,12,20,22H,8-11,13H2,1H3. The van der Waals surface area contributed by atoms with Crippen LogP contribution in [-0.2, 0) is 11.2 Å². The molecule has 0 bridgehead atoms. The number of nitrogens with zero attached hydrogens (tertiary/aromatic N) is 1. The molecule has 2 aromatic rings. The van der Waals surface area contributed by atoms with Gasteiger partial charge in [0.2, 0.25) is 5.91 Å². The Bertz CT molecular complexity index is 751. The first kappa shape index (κ1) is 17.6. The average Bonchev–Trinajstić information content (AvgIpc) is 2.66. The van der Waals surface area contributed by atoms with Gasteiger partial charge in [0.15, 0.2) is 0 Å². The van der Waals surface area contributed by atoms with Crippen LogP contribution in [0.15, 0.2) is 47.4 Å². The molecule has 0 atom stereocenters. The van der Waals surface area contributed by atoms with Gasteiger partial charge in [-0.15, -0.1) is 11.8 Å². The number of carbonyl (C=O) groups excluding carboxylic acids is 1. The van der Waals surface area contributed by atoms with Crippen molar-refractivity contribution >= 4 is 29.0 Å². The molecule has 1 aliphatic heterocycles. The van der Waals surface area contributed by atoms with Gasteiger partial charge in [0.25, 0.3) is 0 Å². The van der Waals surface area contributed by atoms with E-state index in [2.05, 4.69) is 11.4 Å². The van der Waals surface area contributed by atoms with Gasteiger partial charge in [-0.05, 0) is 36.2 Å². The fraction of sp³-hybridized carbons (Fsp3) is 0.316. The molecular formula is C19H22N2O3S. The number of carbonyl (C=O) groups is 1. The van der Waals surface area contributed by atoms with E-state index < -0.39 is 0 Å². The molecule has 0 unspecified atom stereocenters. The minimum Gasteiger partial charge on any atom is -0.495 e. The van der Waals surface area contributed by atoms with Gasteiger partial charge < -0.3 is 20.1 Å². The normalized spacial score (nSPS) is 13.3. The number of anilines is 2. The Morgan fingerprint density at radius 3 is 2.96 bits per heavy atom. The summed E-state index contributed by atoms with van der Waals surface area (Å²) in [6.45, 7) is 1.02. The molecule has 0 fully saturated rings. The number of nitrogens with one attached hydrogen (secondary N) is 1. The smallest absolute Gasteiger partial charge is 0.246 e. The van der Waals surface area contributed by atoms with Crippen LogP contribution in [-0.4, -0.2) is 43.6 Å². The van der Waals surface area contributed by atoms with Gasteiger partial charge in [-0.3, -0.25) is 4.79 Å². The fourth-order valence-electron chi connectivity index (χ4n) is 2.86. The summed E-state index contributed by atoms with van der Waals surface area (Å²) in [6.07, 6.45) is 0.581. The first-order chi connectivity index (χ1) is 12.2. The van der Waals surface area contributed by atoms with Crippen LogP contribution in [0, 0.1) is 0 Å². The first-order valence-corrected chi connectivity index (χ1v) is 9.25. The molecule has 1 heterocycles. The summed E-state index contributed by atoms with van der Waals surface area (Å²) in [5.41, 5.74) is 2.76. The number of hydrogen-bond donors (Lipinski definition) is 2. The van der Waals surface area contributed by atoms with Gasteiger partial charge in [-0.1, -0.05) is 18.2 Å². The second-order valence-electron chi connectivity index (χ2n) is 5.72. The zero-order valence-electron chi connectivity index (χ0n) is 14.2. The molecule has 0 radical (unpaired) electrons. The Kier molecular flexibility index (Phi) is 5.83. The Morgan fingerprint density at radius 1 is 1.32 bits per heavy atom. The van der Waals surface area contributed by atoms with Crippen LogP contribution in [0.2, 0.25) is 0 Å². The lowest BCUT2D eigenvalue weighted by Crippen LogP contribution is -2.39. The van der Waals surface area contributed by atoms with Crippen molar-refractivity contribution < 1.29 is 14.6 Å². The summed E-state index contributed by atoms with van der Waals surface area (Å²) in [5.74, 6) is 1.62. The number of aliphatic hydroxyl groups excluding tert-OH is 1. The second kappa shape index (κ2) is 8.27. The van der Waals surface area contributed by atoms with Crippen molar-refractivity contribution in [1.29, 1.82) is 0 Å². The highest BCUT2D eigenvalue weighted by Gasteiger charge is 2.22. The van der Waals surface area contributed by atoms with Crippen LogP contribution in [0.4, 0.5) is 11.4 Å². The fourth-order valence-corrected chi connectivity index (χ4v) is 3.86. The number of ether oxygens (including phenoxy) is 1. The first-order valence-electron chi connectivity index (χ1n) is 8.27. The summed E-state index contributed by atoms with van der Waals surface area (Å²) >= 11 is 1.78. The number of rotatable bonds is 6. The predicted octanol–water partition coefficient (Wildman–Crippen LogP) is 2.78. The number of methoxy groups -OCH3 is 1. The van der Waals surface area contributed by atoms with Crippen LogP contribution in [0.5, 0.6) is 5.75 Å². The topological polar surface area (TPSA) is 61.8 Å². The highest BCUT2D eigenvalue weighted by atomic mass is 32.2. The van der Waals surface area contributed by atoms with E-state index in [1.807, 2.05) is 41.3 Å². The monoisotopic (exact) mass is 358 g/mol. The van der Waals surface area contributed by atoms with Crippen molar-refractivity contribution in [2.24, 2.45) is 0 Å². The lowest BCUT2D eigenvalue weighted by atomic mass is 10.1. The Hall–Kier alpha value is -2.18. The largest absolute Gasteiger partial charge is 0.495 e. The quantitative estimate of drug-likeness (QED) is 0.831. The van der Waals surface area contributed by atoms with E-state index in [0.717, 1.165) is 34.1 Å². The van der Waals surface area contributed by atoms with E-state index in [-0.39, 0.29) is 19.1 Å². The van der Waals surface area contributed by atoms with Crippen LogP contribution in [0.1, 0.15) is 5.56 Å². The molecule has 25 heavy (non-hydrogen) atoms. The Balaban J connectivity index is 1.69. The highest BCUT2D eigenvalue weighted by Crippen LogP contribution is 2.34. The summed E-state index contributed by atoms with van der Waals surface area (Å²) in [7, 11) is 1.60. The maximum absolute atomic E-state index is 12.7. The summed E-state index contributed by atoms with van der Waals surface area (Å²) in [6, 6.07) is 13.7. The zero-order chi connectivity index (χ0) is 17.6. The number of para-hydroxylation sites is 1. The molecule has 1 aliphatic rings. The molecule has 0 saturated heterocycles. The van der Waals surface area contributed by atoms with Gasteiger partial charge in [-0.2, -0.15) is 0 Å². The van der Waals surface area contributed by atoms with Gasteiger partial charge in [0.1, 0.15) is 5.75 Å². The molecule has 5 nitrogen and oxygen atoms in total.